The van der Waals surface area contributed by atoms with E-state index in [1.54, 1.807) is 24.3 Å². The van der Waals surface area contributed by atoms with E-state index in [0.717, 1.165) is 6.42 Å². The average Bonchev–Trinajstić information content (AvgIpc) is 2.99. The van der Waals surface area contributed by atoms with Gasteiger partial charge in [0.1, 0.15) is 0 Å². The molecule has 3 aromatic rings. The van der Waals surface area contributed by atoms with Crippen LogP contribution < -0.4 is 20.5 Å². The van der Waals surface area contributed by atoms with Gasteiger partial charge in [-0.2, -0.15) is 0 Å². The molecular weight excluding hydrogens is 360 g/mol. The Morgan fingerprint density at radius 3 is 2.85 bits per heavy atom. The topological polar surface area (TPSA) is 93.6 Å². The molecule has 26 heavy (non-hydrogen) atoms. The summed E-state index contributed by atoms with van der Waals surface area (Å²) in [5, 5.41) is 3.03. The maximum Gasteiger partial charge on any atom is 0.417 e. The van der Waals surface area contributed by atoms with E-state index in [0.29, 0.717) is 40.5 Å². The number of aromatic nitrogens is 1. The average molecular weight is 377 g/mol. The lowest BCUT2D eigenvalue weighted by molar-refractivity contribution is 0.102. The van der Waals surface area contributed by atoms with Crippen molar-refractivity contribution in [3.8, 4) is 11.5 Å². The van der Waals surface area contributed by atoms with Gasteiger partial charge in [0.2, 0.25) is 0 Å². The number of methoxy groups -OCH3 is 1. The number of halogens is 1. The molecule has 1 amide bonds. The van der Waals surface area contributed by atoms with Gasteiger partial charge in [0.05, 0.1) is 24.3 Å². The van der Waals surface area contributed by atoms with Gasteiger partial charge < -0.3 is 19.2 Å². The van der Waals surface area contributed by atoms with Crippen LogP contribution in [-0.4, -0.2) is 24.6 Å². The first-order valence-corrected chi connectivity index (χ1v) is 8.34. The van der Waals surface area contributed by atoms with Crippen LogP contribution in [0, 0.1) is 0 Å². The van der Waals surface area contributed by atoms with Gasteiger partial charge in [-0.25, -0.2) is 4.79 Å². The van der Waals surface area contributed by atoms with Gasteiger partial charge in [0, 0.05) is 11.3 Å². The summed E-state index contributed by atoms with van der Waals surface area (Å²) >= 11 is 6.24. The van der Waals surface area contributed by atoms with E-state index >= 15 is 0 Å². The number of oxazole rings is 1. The Morgan fingerprint density at radius 2 is 2.12 bits per heavy atom. The molecule has 0 radical (unpaired) electrons. The lowest BCUT2D eigenvalue weighted by Crippen LogP contribution is -2.12. The quantitative estimate of drug-likeness (QED) is 0.682. The fraction of sp³-hybridized carbons (Fsp3) is 0.222. The number of ether oxygens (including phenoxy) is 2. The Balaban J connectivity index is 1.86. The van der Waals surface area contributed by atoms with Crippen LogP contribution in [0.5, 0.6) is 11.5 Å². The number of H-pyrrole nitrogens is 1. The van der Waals surface area contributed by atoms with Crippen molar-refractivity contribution >= 4 is 34.3 Å². The van der Waals surface area contributed by atoms with Gasteiger partial charge in [-0.15, -0.1) is 0 Å². The van der Waals surface area contributed by atoms with Crippen LogP contribution in [0.25, 0.3) is 11.1 Å². The van der Waals surface area contributed by atoms with Crippen molar-refractivity contribution in [1.82, 2.24) is 4.98 Å². The molecule has 2 aromatic carbocycles. The summed E-state index contributed by atoms with van der Waals surface area (Å²) in [5.74, 6) is -0.143. The van der Waals surface area contributed by atoms with Crippen LogP contribution in [0.2, 0.25) is 5.02 Å². The number of nitrogens with one attached hydrogen (secondary N) is 2. The summed E-state index contributed by atoms with van der Waals surface area (Å²) in [4.78, 5) is 26.3. The van der Waals surface area contributed by atoms with E-state index in [-0.39, 0.29) is 10.9 Å². The monoisotopic (exact) mass is 376 g/mol. The van der Waals surface area contributed by atoms with Gasteiger partial charge >= 0.3 is 5.76 Å². The fourth-order valence-corrected chi connectivity index (χ4v) is 2.69. The van der Waals surface area contributed by atoms with Gasteiger partial charge in [-0.1, -0.05) is 18.5 Å². The molecule has 1 aromatic heterocycles. The molecule has 0 aliphatic rings. The van der Waals surface area contributed by atoms with Crippen molar-refractivity contribution in [3.05, 3.63) is 51.5 Å². The number of benzene rings is 2. The van der Waals surface area contributed by atoms with Gasteiger partial charge in [-0.3, -0.25) is 9.78 Å². The summed E-state index contributed by atoms with van der Waals surface area (Å²) < 4.78 is 15.8. The highest BCUT2D eigenvalue weighted by atomic mass is 35.5. The molecule has 0 spiro atoms. The number of anilines is 1. The van der Waals surface area contributed by atoms with E-state index < -0.39 is 5.76 Å². The molecule has 0 bridgehead atoms. The molecule has 0 atom stereocenters. The highest BCUT2D eigenvalue weighted by molar-refractivity contribution is 6.32. The van der Waals surface area contributed by atoms with E-state index in [4.69, 9.17) is 25.5 Å². The van der Waals surface area contributed by atoms with E-state index in [1.165, 1.54) is 13.2 Å². The lowest BCUT2D eigenvalue weighted by Gasteiger charge is -2.14. The first kappa shape index (κ1) is 17.9. The predicted octanol–water partition coefficient (Wildman–Crippen LogP) is 3.82. The number of hydrogen-bond acceptors (Lipinski definition) is 5. The van der Waals surface area contributed by atoms with Gasteiger partial charge in [0.15, 0.2) is 17.1 Å². The third-order valence-corrected chi connectivity index (χ3v) is 3.90. The van der Waals surface area contributed by atoms with Crippen LogP contribution in [0.4, 0.5) is 5.69 Å². The van der Waals surface area contributed by atoms with Crippen LogP contribution in [0.3, 0.4) is 0 Å². The maximum atomic E-state index is 12.5. The summed E-state index contributed by atoms with van der Waals surface area (Å²) in [6.07, 6.45) is 0.820. The van der Waals surface area contributed by atoms with E-state index in [1.807, 2.05) is 6.92 Å². The highest BCUT2D eigenvalue weighted by Gasteiger charge is 2.16. The Bertz CT molecular complexity index is 1010. The molecule has 8 heteroatoms. The largest absolute Gasteiger partial charge is 0.493 e. The Labute approximate surface area is 153 Å². The smallest absolute Gasteiger partial charge is 0.417 e. The van der Waals surface area contributed by atoms with Gasteiger partial charge in [-0.05, 0) is 36.8 Å². The first-order chi connectivity index (χ1) is 12.5. The second-order valence-corrected chi connectivity index (χ2v) is 5.92. The molecular formula is C18H17ClN2O5. The normalized spacial score (nSPS) is 10.7. The minimum absolute atomic E-state index is 0.289. The highest BCUT2D eigenvalue weighted by Crippen LogP contribution is 2.36. The minimum Gasteiger partial charge on any atom is -0.493 e. The summed E-state index contributed by atoms with van der Waals surface area (Å²) in [7, 11) is 1.48. The van der Waals surface area contributed by atoms with E-state index in [9.17, 15) is 9.59 Å². The fourth-order valence-electron chi connectivity index (χ4n) is 2.43. The number of carbonyl (C=O) groups excluding carboxylic acids is 1. The second kappa shape index (κ2) is 7.53. The number of aromatic amines is 1. The zero-order valence-electron chi connectivity index (χ0n) is 14.2. The van der Waals surface area contributed by atoms with E-state index in [2.05, 4.69) is 10.3 Å². The Kier molecular flexibility index (Phi) is 5.18. The van der Waals surface area contributed by atoms with Gasteiger partial charge in [0.25, 0.3) is 5.91 Å². The summed E-state index contributed by atoms with van der Waals surface area (Å²) in [6.45, 7) is 2.47. The van der Waals surface area contributed by atoms with Crippen molar-refractivity contribution in [3.63, 3.8) is 0 Å². The number of amides is 1. The molecule has 0 unspecified atom stereocenters. The molecule has 0 fully saturated rings. The third kappa shape index (κ3) is 3.67. The molecule has 3 rings (SSSR count). The van der Waals surface area contributed by atoms with Crippen molar-refractivity contribution in [2.75, 3.05) is 19.0 Å². The number of hydrogen-bond donors (Lipinski definition) is 2. The molecule has 0 saturated heterocycles. The van der Waals surface area contributed by atoms with Crippen molar-refractivity contribution in [1.29, 1.82) is 0 Å². The molecule has 7 nitrogen and oxygen atoms in total. The van der Waals surface area contributed by atoms with Crippen molar-refractivity contribution < 1.29 is 18.7 Å². The zero-order chi connectivity index (χ0) is 18.7. The van der Waals surface area contributed by atoms with Crippen LogP contribution in [-0.2, 0) is 0 Å². The van der Waals surface area contributed by atoms with Crippen molar-refractivity contribution in [2.45, 2.75) is 13.3 Å². The van der Waals surface area contributed by atoms with Crippen LogP contribution in [0.15, 0.2) is 39.5 Å². The molecule has 136 valence electrons. The summed E-state index contributed by atoms with van der Waals surface area (Å²) in [5.41, 5.74) is 1.72. The predicted molar refractivity (Wildman–Crippen MR) is 98.6 cm³/mol. The SMILES string of the molecule is CCCOc1c(Cl)cc(C(=O)Nc2ccc3oc(=O)[nH]c3c2)cc1OC. The Hall–Kier alpha value is -2.93. The maximum absolute atomic E-state index is 12.5. The first-order valence-electron chi connectivity index (χ1n) is 7.96. The molecule has 1 heterocycles. The molecule has 0 aliphatic carbocycles. The standard InChI is InChI=1S/C18H17ClN2O5/c1-3-6-25-16-12(19)7-10(8-15(16)24-2)17(22)20-11-4-5-14-13(9-11)21-18(23)26-14/h4-5,7-9H,3,6H2,1-2H3,(H,20,22)(H,21,23). The van der Waals surface area contributed by atoms with Crippen LogP contribution >= 0.6 is 11.6 Å². The zero-order valence-corrected chi connectivity index (χ0v) is 15.0. The lowest BCUT2D eigenvalue weighted by atomic mass is 10.1. The minimum atomic E-state index is -0.553. The van der Waals surface area contributed by atoms with Crippen LogP contribution in [0.1, 0.15) is 23.7 Å². The molecule has 0 saturated carbocycles. The van der Waals surface area contributed by atoms with Crippen molar-refractivity contribution in [2.24, 2.45) is 0 Å². The summed E-state index contributed by atoms with van der Waals surface area (Å²) in [6, 6.07) is 7.91. The Morgan fingerprint density at radius 1 is 1.31 bits per heavy atom. The second-order valence-electron chi connectivity index (χ2n) is 5.52. The molecule has 0 aliphatic heterocycles. The number of carbonyl (C=O) groups is 1. The third-order valence-electron chi connectivity index (χ3n) is 3.62. The number of rotatable bonds is 6. The number of fused-ring (bicyclic) bond motifs is 1. The molecule has 2 N–H and O–H groups in total.